The molecule has 0 spiro atoms. The summed E-state index contributed by atoms with van der Waals surface area (Å²) >= 11 is 0. The lowest BCUT2D eigenvalue weighted by atomic mass is 9.81. The number of carboxylic acids is 1. The maximum Gasteiger partial charge on any atom is 0.303 e. The van der Waals surface area contributed by atoms with Gasteiger partial charge in [-0.1, -0.05) is 0 Å². The standard InChI is InChI=1S/C8H16N2O2/c9-8(10)3-1-6(2-4-8)5-7(11)12/h6H,1-5,9-10H2,(H,11,12). The second-order valence-corrected chi connectivity index (χ2v) is 3.77. The Morgan fingerprint density at radius 2 is 1.92 bits per heavy atom. The van der Waals surface area contributed by atoms with Crippen molar-refractivity contribution in [1.29, 1.82) is 0 Å². The minimum Gasteiger partial charge on any atom is -0.481 e. The minimum absolute atomic E-state index is 0.260. The van der Waals surface area contributed by atoms with E-state index < -0.39 is 11.6 Å². The molecule has 1 fully saturated rings. The molecule has 1 aliphatic carbocycles. The van der Waals surface area contributed by atoms with Crippen LogP contribution in [0.3, 0.4) is 0 Å². The van der Waals surface area contributed by atoms with Gasteiger partial charge in [0.05, 0.1) is 5.66 Å². The molecule has 4 nitrogen and oxygen atoms in total. The summed E-state index contributed by atoms with van der Waals surface area (Å²) in [5.74, 6) is -0.440. The van der Waals surface area contributed by atoms with Gasteiger partial charge in [0.25, 0.3) is 0 Å². The maximum atomic E-state index is 10.4. The predicted octanol–water partition coefficient (Wildman–Crippen LogP) is 0.265. The Morgan fingerprint density at radius 3 is 2.33 bits per heavy atom. The summed E-state index contributed by atoms with van der Waals surface area (Å²) in [6, 6.07) is 0. The van der Waals surface area contributed by atoms with Gasteiger partial charge in [-0.3, -0.25) is 4.79 Å². The van der Waals surface area contributed by atoms with E-state index in [0.717, 1.165) is 25.7 Å². The molecule has 0 amide bonds. The number of hydrogen-bond acceptors (Lipinski definition) is 3. The van der Waals surface area contributed by atoms with Gasteiger partial charge in [-0.15, -0.1) is 0 Å². The van der Waals surface area contributed by atoms with E-state index in [2.05, 4.69) is 0 Å². The summed E-state index contributed by atoms with van der Waals surface area (Å²) in [5.41, 5.74) is 10.9. The van der Waals surface area contributed by atoms with Crippen molar-refractivity contribution >= 4 is 5.97 Å². The van der Waals surface area contributed by atoms with E-state index in [0.29, 0.717) is 0 Å². The first-order valence-corrected chi connectivity index (χ1v) is 4.29. The van der Waals surface area contributed by atoms with Crippen molar-refractivity contribution in [2.45, 2.75) is 37.8 Å². The van der Waals surface area contributed by atoms with Crippen LogP contribution in [0, 0.1) is 5.92 Å². The molecule has 4 heteroatoms. The van der Waals surface area contributed by atoms with Gasteiger partial charge in [0.15, 0.2) is 0 Å². The monoisotopic (exact) mass is 172 g/mol. The van der Waals surface area contributed by atoms with Crippen LogP contribution in [-0.2, 0) is 4.79 Å². The average molecular weight is 172 g/mol. The molecule has 70 valence electrons. The zero-order chi connectivity index (χ0) is 9.19. The van der Waals surface area contributed by atoms with Crippen LogP contribution in [0.5, 0.6) is 0 Å². The molecule has 0 heterocycles. The Morgan fingerprint density at radius 1 is 1.42 bits per heavy atom. The Hall–Kier alpha value is -0.610. The molecule has 1 aliphatic rings. The number of nitrogens with two attached hydrogens (primary N) is 2. The molecule has 0 aromatic heterocycles. The normalized spacial score (nSPS) is 23.8. The minimum atomic E-state index is -0.721. The highest BCUT2D eigenvalue weighted by molar-refractivity contribution is 5.67. The second-order valence-electron chi connectivity index (χ2n) is 3.77. The largest absolute Gasteiger partial charge is 0.481 e. The first kappa shape index (κ1) is 9.48. The average Bonchev–Trinajstić information content (AvgIpc) is 1.93. The summed E-state index contributed by atoms with van der Waals surface area (Å²) in [4.78, 5) is 10.4. The molecule has 0 bridgehead atoms. The quantitative estimate of drug-likeness (QED) is 0.521. The number of carboxylic acid groups (broad SMARTS) is 1. The zero-order valence-electron chi connectivity index (χ0n) is 7.12. The van der Waals surface area contributed by atoms with Gasteiger partial charge in [0.2, 0.25) is 0 Å². The molecule has 0 saturated heterocycles. The lowest BCUT2D eigenvalue weighted by Gasteiger charge is -2.33. The highest BCUT2D eigenvalue weighted by Crippen LogP contribution is 2.29. The van der Waals surface area contributed by atoms with E-state index in [1.54, 1.807) is 0 Å². The fraction of sp³-hybridized carbons (Fsp3) is 0.875. The Balaban J connectivity index is 2.31. The van der Waals surface area contributed by atoms with Crippen molar-refractivity contribution in [3.05, 3.63) is 0 Å². The first-order chi connectivity index (χ1) is 5.49. The molecule has 0 aliphatic heterocycles. The summed E-state index contributed by atoms with van der Waals surface area (Å²) < 4.78 is 0. The van der Waals surface area contributed by atoms with Gasteiger partial charge in [0, 0.05) is 6.42 Å². The van der Waals surface area contributed by atoms with Crippen LogP contribution in [0.15, 0.2) is 0 Å². The number of carbonyl (C=O) groups is 1. The molecular formula is C8H16N2O2. The van der Waals surface area contributed by atoms with Gasteiger partial charge >= 0.3 is 5.97 Å². The molecule has 5 N–H and O–H groups in total. The van der Waals surface area contributed by atoms with Crippen LogP contribution in [-0.4, -0.2) is 16.7 Å². The smallest absolute Gasteiger partial charge is 0.303 e. The molecule has 12 heavy (non-hydrogen) atoms. The van der Waals surface area contributed by atoms with Gasteiger partial charge in [0.1, 0.15) is 0 Å². The molecule has 0 aromatic rings. The second kappa shape index (κ2) is 3.41. The molecule has 0 aromatic carbocycles. The van der Waals surface area contributed by atoms with Gasteiger partial charge < -0.3 is 16.6 Å². The van der Waals surface area contributed by atoms with Crippen molar-refractivity contribution in [3.63, 3.8) is 0 Å². The maximum absolute atomic E-state index is 10.4. The van der Waals surface area contributed by atoms with Crippen LogP contribution < -0.4 is 11.5 Å². The Kier molecular flexibility index (Phi) is 2.69. The van der Waals surface area contributed by atoms with Crippen molar-refractivity contribution < 1.29 is 9.90 Å². The van der Waals surface area contributed by atoms with E-state index in [1.165, 1.54) is 0 Å². The number of rotatable bonds is 2. The Bertz CT molecular complexity index is 170. The molecule has 0 radical (unpaired) electrons. The van der Waals surface area contributed by atoms with E-state index in [1.807, 2.05) is 0 Å². The van der Waals surface area contributed by atoms with Crippen LogP contribution in [0.2, 0.25) is 0 Å². The highest BCUT2D eigenvalue weighted by Gasteiger charge is 2.28. The summed E-state index contributed by atoms with van der Waals surface area (Å²) in [5, 5.41) is 8.53. The van der Waals surface area contributed by atoms with Crippen LogP contribution in [0.25, 0.3) is 0 Å². The molecule has 1 saturated carbocycles. The molecule has 0 unspecified atom stereocenters. The SMILES string of the molecule is NC1(N)CCC(CC(=O)O)CC1. The van der Waals surface area contributed by atoms with Crippen LogP contribution in [0.4, 0.5) is 0 Å². The van der Waals surface area contributed by atoms with Gasteiger partial charge in [-0.25, -0.2) is 0 Å². The predicted molar refractivity (Wildman–Crippen MR) is 45.3 cm³/mol. The fourth-order valence-electron chi connectivity index (χ4n) is 1.67. The summed E-state index contributed by atoms with van der Waals surface area (Å²) in [7, 11) is 0. The van der Waals surface area contributed by atoms with E-state index in [9.17, 15) is 4.79 Å². The number of hydrogen-bond donors (Lipinski definition) is 3. The third kappa shape index (κ3) is 2.79. The first-order valence-electron chi connectivity index (χ1n) is 4.29. The fourth-order valence-corrected chi connectivity index (χ4v) is 1.67. The summed E-state index contributed by atoms with van der Waals surface area (Å²) in [6.45, 7) is 0. The Labute approximate surface area is 71.9 Å². The zero-order valence-corrected chi connectivity index (χ0v) is 7.12. The van der Waals surface area contributed by atoms with Crippen molar-refractivity contribution in [3.8, 4) is 0 Å². The third-order valence-electron chi connectivity index (χ3n) is 2.50. The van der Waals surface area contributed by atoms with E-state index in [4.69, 9.17) is 16.6 Å². The number of aliphatic carboxylic acids is 1. The van der Waals surface area contributed by atoms with Gasteiger partial charge in [-0.2, -0.15) is 0 Å². The van der Waals surface area contributed by atoms with Crippen LogP contribution >= 0.6 is 0 Å². The summed E-state index contributed by atoms with van der Waals surface area (Å²) in [6.07, 6.45) is 3.44. The van der Waals surface area contributed by atoms with Crippen molar-refractivity contribution in [2.24, 2.45) is 17.4 Å². The topological polar surface area (TPSA) is 89.3 Å². The van der Waals surface area contributed by atoms with Crippen LogP contribution in [0.1, 0.15) is 32.1 Å². The highest BCUT2D eigenvalue weighted by atomic mass is 16.4. The van der Waals surface area contributed by atoms with Crippen molar-refractivity contribution in [2.75, 3.05) is 0 Å². The van der Waals surface area contributed by atoms with Gasteiger partial charge in [-0.05, 0) is 31.6 Å². The molecular weight excluding hydrogens is 156 g/mol. The van der Waals surface area contributed by atoms with Crippen molar-refractivity contribution in [1.82, 2.24) is 0 Å². The molecule has 0 atom stereocenters. The van der Waals surface area contributed by atoms with E-state index in [-0.39, 0.29) is 12.3 Å². The van der Waals surface area contributed by atoms with E-state index >= 15 is 0 Å². The third-order valence-corrected chi connectivity index (χ3v) is 2.50. The lowest BCUT2D eigenvalue weighted by molar-refractivity contribution is -0.138. The lowest BCUT2D eigenvalue weighted by Crippen LogP contribution is -2.51. The molecule has 1 rings (SSSR count).